The van der Waals surface area contributed by atoms with Crippen molar-refractivity contribution in [2.75, 3.05) is 6.54 Å². The minimum atomic E-state index is -4.38. The van der Waals surface area contributed by atoms with Crippen molar-refractivity contribution in [1.29, 1.82) is 0 Å². The Morgan fingerprint density at radius 2 is 1.75 bits per heavy atom. The average Bonchev–Trinajstić information content (AvgIpc) is 2.86. The van der Waals surface area contributed by atoms with Crippen molar-refractivity contribution in [2.45, 2.75) is 37.3 Å². The SMILES string of the molecule is O=C(NCC(F)(F)F)C1(c2ccc(Br)cc2)CCCC1. The zero-order chi connectivity index (χ0) is 14.8. The second kappa shape index (κ2) is 5.76. The van der Waals surface area contributed by atoms with E-state index in [1.165, 1.54) is 0 Å². The number of amides is 1. The Balaban J connectivity index is 2.21. The van der Waals surface area contributed by atoms with Gasteiger partial charge in [0, 0.05) is 4.47 Å². The number of hydrogen-bond donors (Lipinski definition) is 1. The number of carbonyl (C=O) groups is 1. The summed E-state index contributed by atoms with van der Waals surface area (Å²) in [4.78, 5) is 12.3. The van der Waals surface area contributed by atoms with Crippen LogP contribution in [-0.4, -0.2) is 18.6 Å². The molecule has 1 aromatic carbocycles. The molecule has 1 N–H and O–H groups in total. The van der Waals surface area contributed by atoms with Gasteiger partial charge in [-0.15, -0.1) is 0 Å². The monoisotopic (exact) mass is 349 g/mol. The molecule has 0 aliphatic heterocycles. The van der Waals surface area contributed by atoms with Crippen LogP contribution in [0.15, 0.2) is 28.7 Å². The summed E-state index contributed by atoms with van der Waals surface area (Å²) in [5.41, 5.74) is -0.0238. The largest absolute Gasteiger partial charge is 0.405 e. The lowest BCUT2D eigenvalue weighted by atomic mass is 9.78. The molecule has 2 nitrogen and oxygen atoms in total. The summed E-state index contributed by atoms with van der Waals surface area (Å²) in [6, 6.07) is 7.24. The predicted molar refractivity (Wildman–Crippen MR) is 73.4 cm³/mol. The fraction of sp³-hybridized carbons (Fsp3) is 0.500. The third-order valence-corrected chi connectivity index (χ3v) is 4.27. The summed E-state index contributed by atoms with van der Waals surface area (Å²) in [6.07, 6.45) is -1.48. The lowest BCUT2D eigenvalue weighted by Gasteiger charge is -2.28. The highest BCUT2D eigenvalue weighted by Crippen LogP contribution is 2.41. The molecule has 0 unspecified atom stereocenters. The molecule has 0 aromatic heterocycles. The van der Waals surface area contributed by atoms with Gasteiger partial charge in [0.05, 0.1) is 5.41 Å². The molecule has 20 heavy (non-hydrogen) atoms. The first-order valence-corrected chi connectivity index (χ1v) is 7.24. The van der Waals surface area contributed by atoms with Gasteiger partial charge in [-0.1, -0.05) is 40.9 Å². The summed E-state index contributed by atoms with van der Waals surface area (Å²) in [5.74, 6) is -0.519. The van der Waals surface area contributed by atoms with Gasteiger partial charge in [0.1, 0.15) is 6.54 Å². The van der Waals surface area contributed by atoms with Crippen LogP contribution in [0.5, 0.6) is 0 Å². The molecule has 0 atom stereocenters. The van der Waals surface area contributed by atoms with E-state index in [9.17, 15) is 18.0 Å². The summed E-state index contributed by atoms with van der Waals surface area (Å²) in [6.45, 7) is -1.27. The first-order valence-electron chi connectivity index (χ1n) is 6.45. The normalized spacial score (nSPS) is 18.0. The quantitative estimate of drug-likeness (QED) is 0.879. The first kappa shape index (κ1) is 15.4. The van der Waals surface area contributed by atoms with E-state index in [1.807, 2.05) is 29.6 Å². The van der Waals surface area contributed by atoms with E-state index in [0.717, 1.165) is 22.9 Å². The maximum atomic E-state index is 12.3. The summed E-state index contributed by atoms with van der Waals surface area (Å²) >= 11 is 3.32. The van der Waals surface area contributed by atoms with Crippen LogP contribution in [0.4, 0.5) is 13.2 Å². The molecule has 1 aliphatic rings. The van der Waals surface area contributed by atoms with Crippen LogP contribution in [0, 0.1) is 0 Å². The Hall–Kier alpha value is -1.04. The van der Waals surface area contributed by atoms with E-state index in [2.05, 4.69) is 15.9 Å². The number of alkyl halides is 3. The topological polar surface area (TPSA) is 29.1 Å². The van der Waals surface area contributed by atoms with Crippen molar-refractivity contribution in [2.24, 2.45) is 0 Å². The van der Waals surface area contributed by atoms with Crippen LogP contribution in [-0.2, 0) is 10.2 Å². The molecule has 0 spiro atoms. The number of nitrogens with one attached hydrogen (secondary N) is 1. The van der Waals surface area contributed by atoms with Gasteiger partial charge in [-0.25, -0.2) is 0 Å². The van der Waals surface area contributed by atoms with Gasteiger partial charge >= 0.3 is 6.18 Å². The standard InChI is InChI=1S/C14H15BrF3NO/c15-11-5-3-10(4-6-11)13(7-1-2-8-13)12(20)19-9-14(16,17)18/h3-6H,1-2,7-9H2,(H,19,20). The number of carbonyl (C=O) groups excluding carboxylic acids is 1. The fourth-order valence-corrected chi connectivity index (χ4v) is 3.01. The summed E-state index contributed by atoms with van der Waals surface area (Å²) < 4.78 is 37.7. The smallest absolute Gasteiger partial charge is 0.346 e. The molecule has 0 heterocycles. The highest BCUT2D eigenvalue weighted by atomic mass is 79.9. The number of hydrogen-bond acceptors (Lipinski definition) is 1. The van der Waals surface area contributed by atoms with Crippen molar-refractivity contribution < 1.29 is 18.0 Å². The summed E-state index contributed by atoms with van der Waals surface area (Å²) in [7, 11) is 0. The molecule has 1 aliphatic carbocycles. The van der Waals surface area contributed by atoms with Crippen LogP contribution >= 0.6 is 15.9 Å². The van der Waals surface area contributed by atoms with E-state index in [1.54, 1.807) is 0 Å². The number of halogens is 4. The van der Waals surface area contributed by atoms with Crippen molar-refractivity contribution >= 4 is 21.8 Å². The van der Waals surface area contributed by atoms with Crippen LogP contribution < -0.4 is 5.32 Å². The van der Waals surface area contributed by atoms with Crippen molar-refractivity contribution in [3.05, 3.63) is 34.3 Å². The van der Waals surface area contributed by atoms with Gasteiger partial charge in [0.25, 0.3) is 0 Å². The molecule has 1 amide bonds. The minimum Gasteiger partial charge on any atom is -0.346 e. The molecular formula is C14H15BrF3NO. The second-order valence-corrected chi connectivity index (χ2v) is 6.01. The molecule has 110 valence electrons. The van der Waals surface area contributed by atoms with Gasteiger partial charge in [-0.05, 0) is 30.5 Å². The first-order chi connectivity index (χ1) is 9.33. The maximum Gasteiger partial charge on any atom is 0.405 e. The maximum absolute atomic E-state index is 12.3. The van der Waals surface area contributed by atoms with Crippen molar-refractivity contribution in [3.8, 4) is 0 Å². The van der Waals surface area contributed by atoms with Gasteiger partial charge < -0.3 is 5.32 Å². The molecular weight excluding hydrogens is 335 g/mol. The molecule has 0 saturated heterocycles. The second-order valence-electron chi connectivity index (χ2n) is 5.09. The average molecular weight is 350 g/mol. The number of benzene rings is 1. The van der Waals surface area contributed by atoms with E-state index < -0.39 is 24.0 Å². The lowest BCUT2D eigenvalue weighted by Crippen LogP contribution is -2.45. The van der Waals surface area contributed by atoms with Crippen LogP contribution in [0.1, 0.15) is 31.2 Å². The molecule has 1 aromatic rings. The van der Waals surface area contributed by atoms with Crippen LogP contribution in [0.3, 0.4) is 0 Å². The van der Waals surface area contributed by atoms with Gasteiger partial charge in [0.2, 0.25) is 5.91 Å². The van der Waals surface area contributed by atoms with Crippen molar-refractivity contribution in [1.82, 2.24) is 5.32 Å². The fourth-order valence-electron chi connectivity index (χ4n) is 2.74. The molecule has 2 rings (SSSR count). The van der Waals surface area contributed by atoms with Crippen LogP contribution in [0.2, 0.25) is 0 Å². The van der Waals surface area contributed by atoms with E-state index in [-0.39, 0.29) is 0 Å². The van der Waals surface area contributed by atoms with E-state index >= 15 is 0 Å². The zero-order valence-corrected chi connectivity index (χ0v) is 12.4. The predicted octanol–water partition coefficient (Wildman–Crippen LogP) is 3.94. The Morgan fingerprint density at radius 1 is 1.20 bits per heavy atom. The molecule has 1 saturated carbocycles. The number of rotatable bonds is 3. The summed E-state index contributed by atoms with van der Waals surface area (Å²) in [5, 5.41) is 2.04. The van der Waals surface area contributed by atoms with Gasteiger partial charge in [0.15, 0.2) is 0 Å². The van der Waals surface area contributed by atoms with E-state index in [4.69, 9.17) is 0 Å². The van der Waals surface area contributed by atoms with Gasteiger partial charge in [-0.2, -0.15) is 13.2 Å². The lowest BCUT2D eigenvalue weighted by molar-refractivity contribution is -0.141. The molecule has 1 fully saturated rings. The third kappa shape index (κ3) is 3.34. The van der Waals surface area contributed by atoms with Crippen LogP contribution in [0.25, 0.3) is 0 Å². The highest BCUT2D eigenvalue weighted by molar-refractivity contribution is 9.10. The Bertz CT molecular complexity index is 478. The van der Waals surface area contributed by atoms with Gasteiger partial charge in [-0.3, -0.25) is 4.79 Å². The molecule has 0 radical (unpaired) electrons. The Labute approximate surface area is 123 Å². The van der Waals surface area contributed by atoms with Crippen molar-refractivity contribution in [3.63, 3.8) is 0 Å². The third-order valence-electron chi connectivity index (χ3n) is 3.74. The minimum absolute atomic E-state index is 0.519. The van der Waals surface area contributed by atoms with E-state index in [0.29, 0.717) is 12.8 Å². The Morgan fingerprint density at radius 3 is 2.25 bits per heavy atom. The Kier molecular flexibility index (Phi) is 4.42. The highest BCUT2D eigenvalue weighted by Gasteiger charge is 2.43. The zero-order valence-electron chi connectivity index (χ0n) is 10.8. The molecule has 0 bridgehead atoms. The molecule has 6 heteroatoms.